The first-order valence-electron chi connectivity index (χ1n) is 4.89. The molecule has 0 aromatic carbocycles. The molecular weight excluding hydrogens is 281 g/mol. The molecule has 0 saturated heterocycles. The molecule has 2 N–H and O–H groups in total. The minimum absolute atomic E-state index is 0.141. The lowest BCUT2D eigenvalue weighted by atomic mass is 9.94. The molecule has 1 heterocycles. The van der Waals surface area contributed by atoms with Crippen molar-refractivity contribution < 1.29 is 12.8 Å². The van der Waals surface area contributed by atoms with Crippen molar-refractivity contribution in [3.8, 4) is 0 Å². The van der Waals surface area contributed by atoms with E-state index in [2.05, 4.69) is 9.97 Å². The zero-order valence-corrected chi connectivity index (χ0v) is 10.6. The first-order chi connectivity index (χ1) is 8.34. The summed E-state index contributed by atoms with van der Waals surface area (Å²) >= 11 is 6.16. The summed E-state index contributed by atoms with van der Waals surface area (Å²) in [7, 11) is -3.91. The first kappa shape index (κ1) is 13.1. The summed E-state index contributed by atoms with van der Waals surface area (Å²) in [6.07, 6.45) is 4.41. The van der Waals surface area contributed by atoms with E-state index in [1.807, 2.05) is 0 Å². The van der Waals surface area contributed by atoms with Gasteiger partial charge in [0.1, 0.15) is 17.0 Å². The summed E-state index contributed by atoms with van der Waals surface area (Å²) < 4.78 is 36.4. The average molecular weight is 290 g/mol. The number of aromatic nitrogens is 2. The molecule has 8 heteroatoms. The van der Waals surface area contributed by atoms with Crippen LogP contribution in [0.3, 0.4) is 0 Å². The van der Waals surface area contributed by atoms with E-state index in [-0.39, 0.29) is 17.0 Å². The Morgan fingerprint density at radius 1 is 1.44 bits per heavy atom. The van der Waals surface area contributed by atoms with E-state index in [1.165, 1.54) is 18.6 Å². The predicted octanol–water partition coefficient (Wildman–Crippen LogP) is 1.34. The van der Waals surface area contributed by atoms with E-state index in [0.29, 0.717) is 0 Å². The Hall–Kier alpha value is -1.31. The van der Waals surface area contributed by atoms with Gasteiger partial charge in [-0.2, -0.15) is 0 Å². The van der Waals surface area contributed by atoms with Gasteiger partial charge in [0.05, 0.1) is 10.6 Å². The van der Waals surface area contributed by atoms with E-state index in [9.17, 15) is 12.8 Å². The van der Waals surface area contributed by atoms with Crippen LogP contribution < -0.4 is 5.14 Å². The molecule has 5 nitrogen and oxygen atoms in total. The predicted molar refractivity (Wildman–Crippen MR) is 64.6 cm³/mol. The largest absolute Gasteiger partial charge is 0.245 e. The molecule has 0 amide bonds. The number of halogens is 2. The molecule has 0 radical (unpaired) electrons. The number of nitrogens with two attached hydrogens (primary N) is 1. The van der Waals surface area contributed by atoms with Gasteiger partial charge in [0, 0.05) is 12.6 Å². The van der Waals surface area contributed by atoms with Crippen molar-refractivity contribution in [3.05, 3.63) is 47.2 Å². The number of sulfonamides is 1. The fourth-order valence-electron chi connectivity index (χ4n) is 1.62. The smallest absolute Gasteiger partial charge is 0.234 e. The summed E-state index contributed by atoms with van der Waals surface area (Å²) in [5.74, 6) is -0.685. The van der Waals surface area contributed by atoms with Crippen molar-refractivity contribution >= 4 is 21.6 Å². The third-order valence-corrected chi connectivity index (χ3v) is 4.08. The van der Waals surface area contributed by atoms with E-state index in [4.69, 9.17) is 16.7 Å². The minimum Gasteiger partial charge on any atom is -0.245 e. The number of nitrogens with zero attached hydrogens (tertiary/aromatic N) is 2. The Labute approximate surface area is 108 Å². The molecule has 1 aromatic rings. The molecular formula is C10H9ClFN3O2S. The standard InChI is InChI=1S/C10H9ClFN3O2S/c11-10(9-3-4-14-6-15-9)5-7(18(13,16)17)1-2-8(10)12/h1-4,6H,5H2,(H2,13,16,17). The highest BCUT2D eigenvalue weighted by atomic mass is 35.5. The van der Waals surface area contributed by atoms with Crippen LogP contribution in [0.25, 0.3) is 0 Å². The highest BCUT2D eigenvalue weighted by molar-refractivity contribution is 7.93. The van der Waals surface area contributed by atoms with Gasteiger partial charge >= 0.3 is 0 Å². The molecule has 1 aliphatic carbocycles. The maximum atomic E-state index is 13.9. The monoisotopic (exact) mass is 289 g/mol. The molecule has 0 spiro atoms. The number of primary sulfonamides is 1. The molecule has 96 valence electrons. The lowest BCUT2D eigenvalue weighted by molar-refractivity contribution is 0.490. The molecule has 1 atom stereocenters. The Kier molecular flexibility index (Phi) is 3.22. The molecule has 0 saturated carbocycles. The third-order valence-electron chi connectivity index (χ3n) is 2.57. The van der Waals surface area contributed by atoms with Crippen LogP contribution in [0, 0.1) is 0 Å². The Bertz CT molecular complexity index is 630. The summed E-state index contributed by atoms with van der Waals surface area (Å²) in [4.78, 5) is 5.75. The van der Waals surface area contributed by atoms with Crippen molar-refractivity contribution in [1.29, 1.82) is 0 Å². The van der Waals surface area contributed by atoms with Gasteiger partial charge in [-0.15, -0.1) is 11.6 Å². The summed E-state index contributed by atoms with van der Waals surface area (Å²) in [5, 5.41) is 5.02. The minimum atomic E-state index is -3.91. The van der Waals surface area contributed by atoms with Crippen LogP contribution in [0.15, 0.2) is 41.5 Å². The van der Waals surface area contributed by atoms with Crippen LogP contribution in [0.1, 0.15) is 12.1 Å². The molecule has 0 bridgehead atoms. The van der Waals surface area contributed by atoms with Crippen LogP contribution in [-0.2, 0) is 14.9 Å². The highest BCUT2D eigenvalue weighted by Crippen LogP contribution is 2.44. The van der Waals surface area contributed by atoms with Crippen molar-refractivity contribution in [2.75, 3.05) is 0 Å². The zero-order chi connectivity index (χ0) is 13.4. The average Bonchev–Trinajstić information content (AvgIpc) is 2.32. The Morgan fingerprint density at radius 3 is 2.72 bits per heavy atom. The van der Waals surface area contributed by atoms with Gasteiger partial charge in [-0.1, -0.05) is 0 Å². The van der Waals surface area contributed by atoms with Gasteiger partial charge in [0.15, 0.2) is 0 Å². The summed E-state index contributed by atoms with van der Waals surface area (Å²) in [6.45, 7) is 0. The van der Waals surface area contributed by atoms with Crippen molar-refractivity contribution in [1.82, 2.24) is 9.97 Å². The summed E-state index contributed by atoms with van der Waals surface area (Å²) in [5.41, 5.74) is 0.183. The van der Waals surface area contributed by atoms with Gasteiger partial charge in [0.25, 0.3) is 0 Å². The van der Waals surface area contributed by atoms with Gasteiger partial charge in [-0.3, -0.25) is 0 Å². The van der Waals surface area contributed by atoms with E-state index < -0.39 is 20.7 Å². The third kappa shape index (κ3) is 2.29. The van der Waals surface area contributed by atoms with Crippen molar-refractivity contribution in [2.24, 2.45) is 5.14 Å². The number of hydrogen-bond acceptors (Lipinski definition) is 4. The number of allylic oxidation sites excluding steroid dienone is 4. The van der Waals surface area contributed by atoms with Gasteiger partial charge in [-0.05, 0) is 18.2 Å². The lowest BCUT2D eigenvalue weighted by Gasteiger charge is -2.27. The molecule has 2 rings (SSSR count). The first-order valence-corrected chi connectivity index (χ1v) is 6.81. The SMILES string of the molecule is NS(=O)(=O)C1=CC=C(F)C(Cl)(c2ccncn2)C1. The van der Waals surface area contributed by atoms with Crippen LogP contribution in [0.2, 0.25) is 0 Å². The number of hydrogen-bond donors (Lipinski definition) is 1. The maximum absolute atomic E-state index is 13.9. The van der Waals surface area contributed by atoms with Gasteiger partial charge in [-0.25, -0.2) is 27.9 Å². The Balaban J connectivity index is 2.49. The van der Waals surface area contributed by atoms with Crippen molar-refractivity contribution in [2.45, 2.75) is 11.3 Å². The quantitative estimate of drug-likeness (QED) is 0.833. The van der Waals surface area contributed by atoms with Crippen molar-refractivity contribution in [3.63, 3.8) is 0 Å². The molecule has 0 aliphatic heterocycles. The maximum Gasteiger partial charge on any atom is 0.234 e. The number of rotatable bonds is 2. The molecule has 1 aliphatic rings. The Morgan fingerprint density at radius 2 is 2.17 bits per heavy atom. The van der Waals surface area contributed by atoms with Crippen LogP contribution >= 0.6 is 11.6 Å². The summed E-state index contributed by atoms with van der Waals surface area (Å²) in [6, 6.07) is 1.42. The topological polar surface area (TPSA) is 85.9 Å². The second-order valence-corrected chi connectivity index (χ2v) is 6.02. The van der Waals surface area contributed by atoms with Crippen LogP contribution in [-0.4, -0.2) is 18.4 Å². The van der Waals surface area contributed by atoms with Crippen LogP contribution in [0.4, 0.5) is 4.39 Å². The van der Waals surface area contributed by atoms with E-state index in [0.717, 1.165) is 12.2 Å². The highest BCUT2D eigenvalue weighted by Gasteiger charge is 2.41. The zero-order valence-electron chi connectivity index (χ0n) is 9.05. The van der Waals surface area contributed by atoms with E-state index in [1.54, 1.807) is 0 Å². The normalized spacial score (nSPS) is 24.4. The fourth-order valence-corrected chi connectivity index (χ4v) is 2.69. The molecule has 18 heavy (non-hydrogen) atoms. The lowest BCUT2D eigenvalue weighted by Crippen LogP contribution is -2.28. The molecule has 0 fully saturated rings. The van der Waals surface area contributed by atoms with E-state index >= 15 is 0 Å². The molecule has 1 aromatic heterocycles. The molecule has 1 unspecified atom stereocenters. The second-order valence-electron chi connectivity index (χ2n) is 3.77. The van der Waals surface area contributed by atoms with Gasteiger partial charge < -0.3 is 0 Å². The fraction of sp³-hybridized carbons (Fsp3) is 0.200. The number of alkyl halides is 1. The second kappa shape index (κ2) is 4.42. The van der Waals surface area contributed by atoms with Gasteiger partial charge in [0.2, 0.25) is 10.0 Å². The van der Waals surface area contributed by atoms with Crippen LogP contribution in [0.5, 0.6) is 0 Å².